The van der Waals surface area contributed by atoms with Crippen molar-refractivity contribution >= 4 is 5.97 Å². The van der Waals surface area contributed by atoms with E-state index in [2.05, 4.69) is 36.4 Å². The summed E-state index contributed by atoms with van der Waals surface area (Å²) in [5.74, 6) is -0.390. The second kappa shape index (κ2) is 7.77. The first-order valence-corrected chi connectivity index (χ1v) is 9.28. The molecule has 0 N–H and O–H groups in total. The zero-order valence-corrected chi connectivity index (χ0v) is 15.1. The summed E-state index contributed by atoms with van der Waals surface area (Å²) in [6.45, 7) is 0.791. The van der Waals surface area contributed by atoms with Crippen molar-refractivity contribution in [2.45, 2.75) is 12.0 Å². The molecule has 0 amide bonds. The van der Waals surface area contributed by atoms with Crippen molar-refractivity contribution in [3.8, 4) is 0 Å². The van der Waals surface area contributed by atoms with Crippen LogP contribution in [0, 0.1) is 5.92 Å². The third-order valence-electron chi connectivity index (χ3n) is 5.09. The fourth-order valence-corrected chi connectivity index (χ4v) is 3.68. The lowest BCUT2D eigenvalue weighted by Gasteiger charge is -2.36. The average molecular weight is 358 g/mol. The Morgan fingerprint density at radius 3 is 1.59 bits per heavy atom. The van der Waals surface area contributed by atoms with E-state index in [1.807, 2.05) is 54.6 Å². The Kier molecular flexibility index (Phi) is 5.03. The minimum absolute atomic E-state index is 0.168. The number of carbonyl (C=O) groups is 1. The molecule has 27 heavy (non-hydrogen) atoms. The highest BCUT2D eigenvalue weighted by Gasteiger charge is 2.39. The van der Waals surface area contributed by atoms with Crippen molar-refractivity contribution < 1.29 is 14.3 Å². The number of ether oxygens (including phenoxy) is 2. The number of benzene rings is 3. The molecule has 1 saturated heterocycles. The van der Waals surface area contributed by atoms with Crippen LogP contribution in [0.15, 0.2) is 91.0 Å². The fourth-order valence-electron chi connectivity index (χ4n) is 3.68. The first kappa shape index (κ1) is 17.5. The molecule has 1 aliphatic rings. The lowest BCUT2D eigenvalue weighted by molar-refractivity contribution is -0.143. The van der Waals surface area contributed by atoms with E-state index in [4.69, 9.17) is 9.47 Å². The Bertz CT molecular complexity index is 779. The molecule has 1 heterocycles. The Morgan fingerprint density at radius 1 is 0.778 bits per heavy atom. The highest BCUT2D eigenvalue weighted by Crippen LogP contribution is 2.41. The third kappa shape index (κ3) is 3.38. The van der Waals surface area contributed by atoms with Gasteiger partial charge in [-0.15, -0.1) is 0 Å². The Hall–Kier alpha value is -2.91. The van der Waals surface area contributed by atoms with Gasteiger partial charge in [-0.25, -0.2) is 0 Å². The molecule has 0 radical (unpaired) electrons. The predicted molar refractivity (Wildman–Crippen MR) is 104 cm³/mol. The zero-order chi connectivity index (χ0) is 18.5. The maximum atomic E-state index is 12.0. The van der Waals surface area contributed by atoms with E-state index in [1.54, 1.807) is 0 Å². The van der Waals surface area contributed by atoms with Gasteiger partial charge >= 0.3 is 5.97 Å². The van der Waals surface area contributed by atoms with Gasteiger partial charge in [-0.1, -0.05) is 91.0 Å². The van der Waals surface area contributed by atoms with Crippen LogP contribution in [0.25, 0.3) is 0 Å². The van der Waals surface area contributed by atoms with Crippen LogP contribution in [-0.2, 0) is 19.9 Å². The monoisotopic (exact) mass is 358 g/mol. The van der Waals surface area contributed by atoms with Crippen LogP contribution in [0.3, 0.4) is 0 Å². The summed E-state index contributed by atoms with van der Waals surface area (Å²) in [4.78, 5) is 12.0. The number of esters is 1. The van der Waals surface area contributed by atoms with Crippen LogP contribution in [0.5, 0.6) is 0 Å². The van der Waals surface area contributed by atoms with E-state index in [0.717, 1.165) is 16.7 Å². The van der Waals surface area contributed by atoms with Gasteiger partial charge in [0.2, 0.25) is 0 Å². The lowest BCUT2D eigenvalue weighted by atomic mass is 9.80. The quantitative estimate of drug-likeness (QED) is 0.479. The Balaban J connectivity index is 1.85. The Morgan fingerprint density at radius 2 is 1.22 bits per heavy atom. The number of rotatable bonds is 6. The highest BCUT2D eigenvalue weighted by molar-refractivity contribution is 5.74. The second-order valence-corrected chi connectivity index (χ2v) is 6.74. The van der Waals surface area contributed by atoms with Crippen LogP contribution in [0.4, 0.5) is 0 Å². The van der Waals surface area contributed by atoms with Gasteiger partial charge in [0.25, 0.3) is 0 Å². The molecule has 136 valence electrons. The molecular formula is C24H22O3. The van der Waals surface area contributed by atoms with Gasteiger partial charge in [-0.05, 0) is 23.1 Å². The molecule has 3 nitrogen and oxygen atoms in total. The van der Waals surface area contributed by atoms with Crippen molar-refractivity contribution in [3.63, 3.8) is 0 Å². The van der Waals surface area contributed by atoms with E-state index in [1.165, 1.54) is 0 Å². The molecule has 0 saturated carbocycles. The van der Waals surface area contributed by atoms with Crippen molar-refractivity contribution in [2.24, 2.45) is 5.92 Å². The van der Waals surface area contributed by atoms with Crippen LogP contribution in [-0.4, -0.2) is 19.2 Å². The number of hydrogen-bond acceptors (Lipinski definition) is 3. The van der Waals surface area contributed by atoms with Gasteiger partial charge in [0.05, 0.1) is 19.1 Å². The van der Waals surface area contributed by atoms with Gasteiger partial charge < -0.3 is 9.47 Å². The lowest BCUT2D eigenvalue weighted by Crippen LogP contribution is -2.35. The molecule has 0 aliphatic carbocycles. The number of carbonyl (C=O) groups excluding carboxylic acids is 1. The topological polar surface area (TPSA) is 35.5 Å². The minimum atomic E-state index is -0.785. The molecule has 1 fully saturated rings. The highest BCUT2D eigenvalue weighted by atomic mass is 16.5. The van der Waals surface area contributed by atoms with E-state index in [9.17, 15) is 4.79 Å². The number of hydrogen-bond donors (Lipinski definition) is 0. The molecule has 1 unspecified atom stereocenters. The molecule has 4 rings (SSSR count). The summed E-state index contributed by atoms with van der Waals surface area (Å²) in [5, 5.41) is 0. The van der Waals surface area contributed by atoms with E-state index in [-0.39, 0.29) is 11.9 Å². The largest absolute Gasteiger partial charge is 0.465 e. The fraction of sp³-hybridized carbons (Fsp3) is 0.208. The maximum absolute atomic E-state index is 12.0. The Labute approximate surface area is 159 Å². The third-order valence-corrected chi connectivity index (χ3v) is 5.09. The van der Waals surface area contributed by atoms with Crippen molar-refractivity contribution in [3.05, 3.63) is 108 Å². The minimum Gasteiger partial charge on any atom is -0.465 e. The second-order valence-electron chi connectivity index (χ2n) is 6.74. The summed E-state index contributed by atoms with van der Waals surface area (Å²) in [5.41, 5.74) is 2.32. The SMILES string of the molecule is O=C1OCCC1COC(c1ccccc1)(c1ccccc1)c1ccccc1. The zero-order valence-electron chi connectivity index (χ0n) is 15.1. The van der Waals surface area contributed by atoms with Gasteiger partial charge in [0.15, 0.2) is 0 Å². The molecule has 0 aromatic heterocycles. The average Bonchev–Trinajstić information content (AvgIpc) is 3.16. The van der Waals surface area contributed by atoms with Crippen LogP contribution in [0.1, 0.15) is 23.1 Å². The molecule has 0 spiro atoms. The van der Waals surface area contributed by atoms with Gasteiger partial charge in [0, 0.05) is 0 Å². The molecule has 0 bridgehead atoms. The summed E-state index contributed by atoms with van der Waals surface area (Å²) < 4.78 is 11.8. The molecule has 1 aliphatic heterocycles. The summed E-state index contributed by atoms with van der Waals surface area (Å²) in [7, 11) is 0. The van der Waals surface area contributed by atoms with Gasteiger partial charge in [-0.2, -0.15) is 0 Å². The summed E-state index contributed by atoms with van der Waals surface area (Å²) in [6, 6.07) is 30.6. The summed E-state index contributed by atoms with van der Waals surface area (Å²) in [6.07, 6.45) is 0.702. The molecule has 3 aromatic carbocycles. The van der Waals surface area contributed by atoms with Crippen LogP contribution < -0.4 is 0 Å². The van der Waals surface area contributed by atoms with Crippen LogP contribution in [0.2, 0.25) is 0 Å². The predicted octanol–water partition coefficient (Wildman–Crippen LogP) is 4.56. The normalized spacial score (nSPS) is 16.9. The molecule has 3 aromatic rings. The van der Waals surface area contributed by atoms with Crippen molar-refractivity contribution in [1.29, 1.82) is 0 Å². The maximum Gasteiger partial charge on any atom is 0.311 e. The first-order valence-electron chi connectivity index (χ1n) is 9.28. The van der Waals surface area contributed by atoms with Crippen LogP contribution >= 0.6 is 0 Å². The van der Waals surface area contributed by atoms with Gasteiger partial charge in [-0.3, -0.25) is 4.79 Å². The molecule has 1 atom stereocenters. The molecular weight excluding hydrogens is 336 g/mol. The summed E-state index contributed by atoms with van der Waals surface area (Å²) >= 11 is 0. The van der Waals surface area contributed by atoms with E-state index < -0.39 is 5.60 Å². The van der Waals surface area contributed by atoms with E-state index >= 15 is 0 Å². The van der Waals surface area contributed by atoms with Crippen molar-refractivity contribution in [2.75, 3.05) is 13.2 Å². The standard InChI is InChI=1S/C24H22O3/c25-23-19(16-17-26-23)18-27-24(20-10-4-1-5-11-20,21-12-6-2-7-13-21)22-14-8-3-9-15-22/h1-15,19H,16-18H2. The van der Waals surface area contributed by atoms with Gasteiger partial charge in [0.1, 0.15) is 5.60 Å². The smallest absolute Gasteiger partial charge is 0.311 e. The van der Waals surface area contributed by atoms with Crippen molar-refractivity contribution in [1.82, 2.24) is 0 Å². The first-order chi connectivity index (χ1) is 13.3. The van der Waals surface area contributed by atoms with E-state index in [0.29, 0.717) is 19.6 Å². The number of cyclic esters (lactones) is 1. The molecule has 3 heteroatoms.